The Morgan fingerprint density at radius 2 is 2.08 bits per heavy atom. The highest BCUT2D eigenvalue weighted by molar-refractivity contribution is 4.94. The summed E-state index contributed by atoms with van der Waals surface area (Å²) in [5, 5.41) is 13.9. The minimum Gasteiger partial charge on any atom is -0.389 e. The minimum atomic E-state index is -0.408. The van der Waals surface area contributed by atoms with E-state index in [1.54, 1.807) is 0 Å². The molecule has 2 N–H and O–H groups in total. The molecule has 0 saturated carbocycles. The largest absolute Gasteiger partial charge is 0.389 e. The van der Waals surface area contributed by atoms with Crippen molar-refractivity contribution in [3.63, 3.8) is 0 Å². The summed E-state index contributed by atoms with van der Waals surface area (Å²) in [6.45, 7) is 8.45. The smallest absolute Gasteiger partial charge is 0.0725 e. The van der Waals surface area contributed by atoms with Gasteiger partial charge in [-0.15, -0.1) is 0 Å². The van der Waals surface area contributed by atoms with Crippen molar-refractivity contribution in [2.75, 3.05) is 13.1 Å². The van der Waals surface area contributed by atoms with E-state index in [1.165, 1.54) is 0 Å². The Morgan fingerprint density at radius 3 is 2.54 bits per heavy atom. The molecule has 1 heterocycles. The van der Waals surface area contributed by atoms with Gasteiger partial charge >= 0.3 is 0 Å². The van der Waals surface area contributed by atoms with E-state index in [9.17, 15) is 5.11 Å². The van der Waals surface area contributed by atoms with Crippen molar-refractivity contribution in [2.45, 2.75) is 45.6 Å². The van der Waals surface area contributed by atoms with Crippen LogP contribution in [-0.2, 0) is 0 Å². The summed E-state index contributed by atoms with van der Waals surface area (Å²) in [5.74, 6) is 0.871. The number of aliphatic hydroxyl groups is 1. The standard InChI is InChI=1S/C11H23NO/c1-4-10(5-2)11(13)6-7-12-8-9(11)3/h9-10,12-13H,4-8H2,1-3H3. The highest BCUT2D eigenvalue weighted by Crippen LogP contribution is 2.35. The van der Waals surface area contributed by atoms with Crippen LogP contribution in [-0.4, -0.2) is 23.8 Å². The Morgan fingerprint density at radius 1 is 1.46 bits per heavy atom. The summed E-state index contributed by atoms with van der Waals surface area (Å²) in [6, 6.07) is 0. The molecule has 2 unspecified atom stereocenters. The Labute approximate surface area is 81.7 Å². The summed E-state index contributed by atoms with van der Waals surface area (Å²) in [7, 11) is 0. The van der Waals surface area contributed by atoms with Crippen LogP contribution in [0.15, 0.2) is 0 Å². The lowest BCUT2D eigenvalue weighted by molar-refractivity contribution is -0.0846. The van der Waals surface area contributed by atoms with Crippen LogP contribution < -0.4 is 5.32 Å². The molecule has 1 fully saturated rings. The molecule has 2 atom stereocenters. The fourth-order valence-electron chi connectivity index (χ4n) is 2.63. The van der Waals surface area contributed by atoms with Gasteiger partial charge < -0.3 is 10.4 Å². The average molecular weight is 185 g/mol. The molecule has 0 spiro atoms. The van der Waals surface area contributed by atoms with Crippen LogP contribution in [0.25, 0.3) is 0 Å². The summed E-state index contributed by atoms with van der Waals surface area (Å²) in [5.41, 5.74) is -0.408. The second-order valence-electron chi connectivity index (χ2n) is 4.36. The van der Waals surface area contributed by atoms with Gasteiger partial charge in [-0.05, 0) is 24.8 Å². The molecule has 78 valence electrons. The summed E-state index contributed by atoms with van der Waals surface area (Å²) >= 11 is 0. The molecule has 1 aliphatic rings. The van der Waals surface area contributed by atoms with Gasteiger partial charge in [0.15, 0.2) is 0 Å². The van der Waals surface area contributed by atoms with E-state index in [2.05, 4.69) is 26.1 Å². The highest BCUT2D eigenvalue weighted by atomic mass is 16.3. The first-order chi connectivity index (χ1) is 6.15. The first-order valence-corrected chi connectivity index (χ1v) is 5.58. The van der Waals surface area contributed by atoms with Gasteiger partial charge in [-0.3, -0.25) is 0 Å². The summed E-state index contributed by atoms with van der Waals surface area (Å²) in [4.78, 5) is 0. The Balaban J connectivity index is 2.69. The van der Waals surface area contributed by atoms with Crippen LogP contribution in [0.1, 0.15) is 40.0 Å². The van der Waals surface area contributed by atoms with Crippen LogP contribution in [0.3, 0.4) is 0 Å². The van der Waals surface area contributed by atoms with Gasteiger partial charge in [-0.2, -0.15) is 0 Å². The number of hydrogen-bond donors (Lipinski definition) is 2. The van der Waals surface area contributed by atoms with Crippen molar-refractivity contribution < 1.29 is 5.11 Å². The normalized spacial score (nSPS) is 35.3. The van der Waals surface area contributed by atoms with Gasteiger partial charge in [-0.25, -0.2) is 0 Å². The molecule has 0 amide bonds. The quantitative estimate of drug-likeness (QED) is 0.702. The third kappa shape index (κ3) is 2.05. The van der Waals surface area contributed by atoms with E-state index in [4.69, 9.17) is 0 Å². The Bertz CT molecular complexity index is 156. The zero-order chi connectivity index (χ0) is 9.90. The summed E-state index contributed by atoms with van der Waals surface area (Å²) < 4.78 is 0. The van der Waals surface area contributed by atoms with E-state index in [-0.39, 0.29) is 0 Å². The number of rotatable bonds is 3. The fourth-order valence-corrected chi connectivity index (χ4v) is 2.63. The van der Waals surface area contributed by atoms with Crippen molar-refractivity contribution in [3.8, 4) is 0 Å². The van der Waals surface area contributed by atoms with Gasteiger partial charge in [0.25, 0.3) is 0 Å². The van der Waals surface area contributed by atoms with E-state index >= 15 is 0 Å². The molecule has 0 aromatic carbocycles. The maximum absolute atomic E-state index is 10.6. The lowest BCUT2D eigenvalue weighted by Gasteiger charge is -2.44. The third-order valence-corrected chi connectivity index (χ3v) is 3.70. The van der Waals surface area contributed by atoms with Gasteiger partial charge in [0.05, 0.1) is 5.60 Å². The van der Waals surface area contributed by atoms with Gasteiger partial charge in [-0.1, -0.05) is 33.6 Å². The number of nitrogens with one attached hydrogen (secondary N) is 1. The van der Waals surface area contributed by atoms with E-state index in [0.717, 1.165) is 32.4 Å². The van der Waals surface area contributed by atoms with Crippen LogP contribution in [0.2, 0.25) is 0 Å². The summed E-state index contributed by atoms with van der Waals surface area (Å²) in [6.07, 6.45) is 3.11. The maximum atomic E-state index is 10.6. The predicted octanol–water partition coefficient (Wildman–Crippen LogP) is 1.78. The molecule has 2 nitrogen and oxygen atoms in total. The molecule has 0 bridgehead atoms. The molecule has 1 rings (SSSR count). The van der Waals surface area contributed by atoms with Crippen LogP contribution >= 0.6 is 0 Å². The number of hydrogen-bond acceptors (Lipinski definition) is 2. The number of piperidine rings is 1. The molecule has 13 heavy (non-hydrogen) atoms. The SMILES string of the molecule is CCC(CC)C1(O)CCNCC1C. The topological polar surface area (TPSA) is 32.3 Å². The monoisotopic (exact) mass is 185 g/mol. The molecule has 0 aromatic heterocycles. The molecule has 0 radical (unpaired) electrons. The van der Waals surface area contributed by atoms with Gasteiger partial charge in [0, 0.05) is 6.54 Å². The maximum Gasteiger partial charge on any atom is 0.0725 e. The molecular weight excluding hydrogens is 162 g/mol. The first-order valence-electron chi connectivity index (χ1n) is 5.58. The van der Waals surface area contributed by atoms with Crippen LogP contribution in [0.4, 0.5) is 0 Å². The zero-order valence-corrected chi connectivity index (χ0v) is 9.14. The second-order valence-corrected chi connectivity index (χ2v) is 4.36. The van der Waals surface area contributed by atoms with Crippen molar-refractivity contribution in [3.05, 3.63) is 0 Å². The second kappa shape index (κ2) is 4.43. The highest BCUT2D eigenvalue weighted by Gasteiger charge is 2.41. The average Bonchev–Trinajstić information content (AvgIpc) is 2.12. The van der Waals surface area contributed by atoms with Crippen molar-refractivity contribution in [2.24, 2.45) is 11.8 Å². The predicted molar refractivity (Wildman–Crippen MR) is 55.7 cm³/mol. The van der Waals surface area contributed by atoms with Crippen molar-refractivity contribution in [1.29, 1.82) is 0 Å². The van der Waals surface area contributed by atoms with Crippen LogP contribution in [0, 0.1) is 11.8 Å². The minimum absolute atomic E-state index is 0.395. The van der Waals surface area contributed by atoms with Crippen LogP contribution in [0.5, 0.6) is 0 Å². The van der Waals surface area contributed by atoms with E-state index in [1.807, 2.05) is 0 Å². The van der Waals surface area contributed by atoms with Gasteiger partial charge in [0.2, 0.25) is 0 Å². The fraction of sp³-hybridized carbons (Fsp3) is 1.00. The Hall–Kier alpha value is -0.0800. The first kappa shape index (κ1) is 11.0. The van der Waals surface area contributed by atoms with Crippen molar-refractivity contribution >= 4 is 0 Å². The third-order valence-electron chi connectivity index (χ3n) is 3.70. The van der Waals surface area contributed by atoms with E-state index in [0.29, 0.717) is 11.8 Å². The molecule has 0 aromatic rings. The zero-order valence-electron chi connectivity index (χ0n) is 9.14. The Kier molecular flexibility index (Phi) is 3.74. The molecule has 1 saturated heterocycles. The molecular formula is C11H23NO. The molecule has 1 aliphatic heterocycles. The van der Waals surface area contributed by atoms with Crippen molar-refractivity contribution in [1.82, 2.24) is 5.32 Å². The molecule has 2 heteroatoms. The lowest BCUT2D eigenvalue weighted by atomic mass is 9.71. The van der Waals surface area contributed by atoms with E-state index < -0.39 is 5.60 Å². The van der Waals surface area contributed by atoms with Gasteiger partial charge in [0.1, 0.15) is 0 Å². The molecule has 0 aliphatic carbocycles. The lowest BCUT2D eigenvalue weighted by Crippen LogP contribution is -2.53.